The first-order valence-electron chi connectivity index (χ1n) is 6.32. The van der Waals surface area contributed by atoms with E-state index in [1.54, 1.807) is 11.3 Å². The molecule has 0 bridgehead atoms. The van der Waals surface area contributed by atoms with Crippen LogP contribution in [0, 0.1) is 5.41 Å². The average molecular weight is 268 g/mol. The van der Waals surface area contributed by atoms with Gasteiger partial charge in [-0.25, -0.2) is 0 Å². The van der Waals surface area contributed by atoms with Crippen LogP contribution in [0.4, 0.5) is 0 Å². The summed E-state index contributed by atoms with van der Waals surface area (Å²) in [5, 5.41) is 2.03. The molecule has 2 N–H and O–H groups in total. The van der Waals surface area contributed by atoms with Crippen molar-refractivity contribution in [1.82, 2.24) is 4.90 Å². The normalized spacial score (nSPS) is 13.7. The van der Waals surface area contributed by atoms with E-state index in [4.69, 9.17) is 5.73 Å². The Balaban J connectivity index is 2.82. The number of nitrogens with two attached hydrogens (primary N) is 1. The third kappa shape index (κ3) is 3.82. The van der Waals surface area contributed by atoms with Crippen LogP contribution in [0.5, 0.6) is 0 Å². The van der Waals surface area contributed by atoms with E-state index in [1.807, 2.05) is 51.0 Å². The van der Waals surface area contributed by atoms with Crippen molar-refractivity contribution in [2.75, 3.05) is 0 Å². The molecule has 0 radical (unpaired) electrons. The van der Waals surface area contributed by atoms with Crippen LogP contribution in [-0.2, 0) is 11.3 Å². The molecule has 1 atom stereocenters. The molecule has 1 aromatic rings. The Morgan fingerprint density at radius 2 is 2.06 bits per heavy atom. The van der Waals surface area contributed by atoms with Gasteiger partial charge in [-0.3, -0.25) is 4.79 Å². The first kappa shape index (κ1) is 15.2. The lowest BCUT2D eigenvalue weighted by atomic mass is 9.86. The predicted octanol–water partition coefficient (Wildman–Crippen LogP) is 2.86. The minimum absolute atomic E-state index is 0.0332. The number of carbonyl (C=O) groups excluding carboxylic acids is 1. The average Bonchev–Trinajstić information content (AvgIpc) is 2.74. The predicted molar refractivity (Wildman–Crippen MR) is 77.4 cm³/mol. The number of nitrogens with zero attached hydrogens (tertiary/aromatic N) is 1. The zero-order valence-corrected chi connectivity index (χ0v) is 12.8. The Labute approximate surface area is 114 Å². The van der Waals surface area contributed by atoms with Gasteiger partial charge in [-0.05, 0) is 30.7 Å². The molecule has 0 aliphatic carbocycles. The van der Waals surface area contributed by atoms with Crippen LogP contribution in [0.3, 0.4) is 0 Å². The van der Waals surface area contributed by atoms with Gasteiger partial charge in [-0.15, -0.1) is 11.3 Å². The van der Waals surface area contributed by atoms with Gasteiger partial charge in [0.05, 0.1) is 12.6 Å². The summed E-state index contributed by atoms with van der Waals surface area (Å²) in [6.07, 6.45) is 0. The molecule has 1 aromatic heterocycles. The molecule has 18 heavy (non-hydrogen) atoms. The summed E-state index contributed by atoms with van der Waals surface area (Å²) in [5.74, 6) is 0.0332. The number of rotatable bonds is 4. The molecule has 1 unspecified atom stereocenters. The number of hydrogen-bond donors (Lipinski definition) is 1. The maximum atomic E-state index is 12.5. The highest BCUT2D eigenvalue weighted by Gasteiger charge is 2.32. The molecular formula is C14H24N2OS. The summed E-state index contributed by atoms with van der Waals surface area (Å²) in [7, 11) is 0. The molecule has 0 fully saturated rings. The summed E-state index contributed by atoms with van der Waals surface area (Å²) >= 11 is 1.67. The summed E-state index contributed by atoms with van der Waals surface area (Å²) in [6, 6.07) is 3.76. The van der Waals surface area contributed by atoms with Gasteiger partial charge < -0.3 is 10.6 Å². The molecule has 0 saturated heterocycles. The van der Waals surface area contributed by atoms with Crippen molar-refractivity contribution in [3.05, 3.63) is 22.4 Å². The summed E-state index contributed by atoms with van der Waals surface area (Å²) in [4.78, 5) is 15.5. The number of amides is 1. The standard InChI is InChI=1S/C14H24N2OS/c1-10(2)16(9-11-7-6-8-18-11)13(17)12(15)14(3,4)5/h6-8,10,12H,9,15H2,1-5H3. The fourth-order valence-electron chi connectivity index (χ4n) is 1.63. The molecule has 1 amide bonds. The van der Waals surface area contributed by atoms with E-state index < -0.39 is 6.04 Å². The zero-order valence-electron chi connectivity index (χ0n) is 11.9. The molecule has 4 heteroatoms. The monoisotopic (exact) mass is 268 g/mol. The summed E-state index contributed by atoms with van der Waals surface area (Å²) < 4.78 is 0. The van der Waals surface area contributed by atoms with E-state index >= 15 is 0 Å². The van der Waals surface area contributed by atoms with Crippen molar-refractivity contribution in [2.24, 2.45) is 11.1 Å². The maximum Gasteiger partial charge on any atom is 0.240 e. The van der Waals surface area contributed by atoms with Gasteiger partial charge in [-0.1, -0.05) is 26.8 Å². The first-order chi connectivity index (χ1) is 8.23. The van der Waals surface area contributed by atoms with Gasteiger partial charge >= 0.3 is 0 Å². The van der Waals surface area contributed by atoms with Crippen LogP contribution in [0.15, 0.2) is 17.5 Å². The summed E-state index contributed by atoms with van der Waals surface area (Å²) in [5.41, 5.74) is 5.87. The molecule has 0 saturated carbocycles. The molecule has 0 spiro atoms. The molecule has 0 aliphatic heterocycles. The first-order valence-corrected chi connectivity index (χ1v) is 7.20. The van der Waals surface area contributed by atoms with Crippen molar-refractivity contribution >= 4 is 17.2 Å². The highest BCUT2D eigenvalue weighted by molar-refractivity contribution is 7.09. The fourth-order valence-corrected chi connectivity index (χ4v) is 2.34. The lowest BCUT2D eigenvalue weighted by Crippen LogP contribution is -2.52. The Hall–Kier alpha value is -0.870. The molecule has 0 aromatic carbocycles. The van der Waals surface area contributed by atoms with E-state index in [0.717, 1.165) is 0 Å². The molecule has 0 aliphatic rings. The third-order valence-corrected chi connectivity index (χ3v) is 3.87. The Morgan fingerprint density at radius 3 is 2.44 bits per heavy atom. The quantitative estimate of drug-likeness (QED) is 0.912. The lowest BCUT2D eigenvalue weighted by molar-refractivity contribution is -0.137. The lowest BCUT2D eigenvalue weighted by Gasteiger charge is -2.34. The van der Waals surface area contributed by atoms with Crippen molar-refractivity contribution in [2.45, 2.75) is 53.2 Å². The van der Waals surface area contributed by atoms with E-state index in [9.17, 15) is 4.79 Å². The van der Waals surface area contributed by atoms with E-state index in [-0.39, 0.29) is 17.4 Å². The number of thiophene rings is 1. The Morgan fingerprint density at radius 1 is 1.44 bits per heavy atom. The summed E-state index contributed by atoms with van der Waals surface area (Å²) in [6.45, 7) is 10.7. The topological polar surface area (TPSA) is 46.3 Å². The van der Waals surface area contributed by atoms with Gasteiger partial charge in [0.25, 0.3) is 0 Å². The Bertz CT molecular complexity index is 379. The highest BCUT2D eigenvalue weighted by atomic mass is 32.1. The van der Waals surface area contributed by atoms with Gasteiger partial charge in [-0.2, -0.15) is 0 Å². The van der Waals surface area contributed by atoms with E-state index in [1.165, 1.54) is 4.88 Å². The van der Waals surface area contributed by atoms with Crippen molar-refractivity contribution < 1.29 is 4.79 Å². The molecule has 1 heterocycles. The SMILES string of the molecule is CC(C)N(Cc1cccs1)C(=O)C(N)C(C)(C)C. The van der Waals surface area contributed by atoms with Crippen LogP contribution >= 0.6 is 11.3 Å². The fraction of sp³-hybridized carbons (Fsp3) is 0.643. The number of hydrogen-bond acceptors (Lipinski definition) is 3. The van der Waals surface area contributed by atoms with Crippen LogP contribution in [-0.4, -0.2) is 22.9 Å². The van der Waals surface area contributed by atoms with Gasteiger partial charge in [0.1, 0.15) is 0 Å². The number of carbonyl (C=O) groups is 1. The maximum absolute atomic E-state index is 12.5. The van der Waals surface area contributed by atoms with Crippen molar-refractivity contribution in [3.63, 3.8) is 0 Å². The largest absolute Gasteiger partial charge is 0.334 e. The van der Waals surface area contributed by atoms with E-state index in [2.05, 4.69) is 6.07 Å². The molecule has 1 rings (SSSR count). The Kier molecular flexibility index (Phi) is 4.93. The van der Waals surface area contributed by atoms with Crippen LogP contribution < -0.4 is 5.73 Å². The third-order valence-electron chi connectivity index (χ3n) is 3.01. The molecular weight excluding hydrogens is 244 g/mol. The van der Waals surface area contributed by atoms with Gasteiger partial charge in [0.2, 0.25) is 5.91 Å². The highest BCUT2D eigenvalue weighted by Crippen LogP contribution is 2.22. The second-order valence-electron chi connectivity index (χ2n) is 5.98. The van der Waals surface area contributed by atoms with Gasteiger partial charge in [0, 0.05) is 10.9 Å². The smallest absolute Gasteiger partial charge is 0.240 e. The minimum Gasteiger partial charge on any atom is -0.334 e. The molecule has 102 valence electrons. The zero-order chi connectivity index (χ0) is 13.9. The molecule has 3 nitrogen and oxygen atoms in total. The second kappa shape index (κ2) is 5.85. The van der Waals surface area contributed by atoms with Crippen LogP contribution in [0.2, 0.25) is 0 Å². The van der Waals surface area contributed by atoms with Crippen molar-refractivity contribution in [1.29, 1.82) is 0 Å². The minimum atomic E-state index is -0.458. The van der Waals surface area contributed by atoms with Gasteiger partial charge in [0.15, 0.2) is 0 Å². The van der Waals surface area contributed by atoms with Crippen LogP contribution in [0.25, 0.3) is 0 Å². The van der Waals surface area contributed by atoms with Crippen molar-refractivity contribution in [3.8, 4) is 0 Å². The van der Waals surface area contributed by atoms with E-state index in [0.29, 0.717) is 6.54 Å². The van der Waals surface area contributed by atoms with Crippen LogP contribution in [0.1, 0.15) is 39.5 Å². The second-order valence-corrected chi connectivity index (χ2v) is 7.02.